The summed E-state index contributed by atoms with van der Waals surface area (Å²) in [4.78, 5) is 15.6. The fourth-order valence-corrected chi connectivity index (χ4v) is 1.14. The molecule has 1 aromatic heterocycles. The molecule has 0 bridgehead atoms. The molecule has 0 aliphatic carbocycles. The lowest BCUT2D eigenvalue weighted by Gasteiger charge is -2.11. The van der Waals surface area contributed by atoms with Gasteiger partial charge in [0.1, 0.15) is 5.56 Å². The van der Waals surface area contributed by atoms with Gasteiger partial charge in [0.15, 0.2) is 0 Å². The van der Waals surface area contributed by atoms with Crippen molar-refractivity contribution in [3.8, 4) is 5.88 Å². The molecule has 0 saturated heterocycles. The number of carbonyl (C=O) groups is 1. The van der Waals surface area contributed by atoms with E-state index >= 15 is 0 Å². The Labute approximate surface area is 93.6 Å². The quantitative estimate of drug-likeness (QED) is 0.794. The molecular weight excluding hydrogens is 216 g/mol. The second-order valence-corrected chi connectivity index (χ2v) is 3.40. The zero-order valence-electron chi connectivity index (χ0n) is 8.66. The van der Waals surface area contributed by atoms with Crippen LogP contribution in [0.3, 0.4) is 0 Å². The Hall–Kier alpha value is -1.29. The Morgan fingerprint density at radius 3 is 3.07 bits per heavy atom. The smallest absolute Gasteiger partial charge is 0.257 e. The largest absolute Gasteiger partial charge is 0.480 e. The van der Waals surface area contributed by atoms with Crippen molar-refractivity contribution < 1.29 is 9.53 Å². The van der Waals surface area contributed by atoms with Crippen molar-refractivity contribution in [1.29, 1.82) is 0 Å². The van der Waals surface area contributed by atoms with Gasteiger partial charge in [-0.2, -0.15) is 0 Å². The van der Waals surface area contributed by atoms with Crippen LogP contribution in [0.25, 0.3) is 0 Å². The highest BCUT2D eigenvalue weighted by Crippen LogP contribution is 2.13. The van der Waals surface area contributed by atoms with Crippen LogP contribution in [0.4, 0.5) is 0 Å². The van der Waals surface area contributed by atoms with Crippen molar-refractivity contribution in [1.82, 2.24) is 10.3 Å². The number of halogens is 1. The average molecular weight is 229 g/mol. The summed E-state index contributed by atoms with van der Waals surface area (Å²) in [5.41, 5.74) is 0.414. The molecule has 0 aliphatic heterocycles. The van der Waals surface area contributed by atoms with E-state index in [0.717, 1.165) is 0 Å². The summed E-state index contributed by atoms with van der Waals surface area (Å²) in [6.45, 7) is 1.83. The number of alkyl halides is 1. The van der Waals surface area contributed by atoms with E-state index in [2.05, 4.69) is 10.3 Å². The van der Waals surface area contributed by atoms with Crippen molar-refractivity contribution in [2.24, 2.45) is 0 Å². The number of amides is 1. The number of pyridine rings is 1. The predicted octanol–water partition coefficient (Wildman–Crippen LogP) is 1.45. The summed E-state index contributed by atoms with van der Waals surface area (Å²) >= 11 is 5.60. The zero-order chi connectivity index (χ0) is 11.3. The number of nitrogens with one attached hydrogen (secondary N) is 1. The van der Waals surface area contributed by atoms with Crippen molar-refractivity contribution in [3.05, 3.63) is 23.9 Å². The lowest BCUT2D eigenvalue weighted by atomic mass is 10.2. The lowest BCUT2D eigenvalue weighted by Crippen LogP contribution is -2.33. The van der Waals surface area contributed by atoms with Crippen molar-refractivity contribution in [3.63, 3.8) is 0 Å². The molecule has 15 heavy (non-hydrogen) atoms. The van der Waals surface area contributed by atoms with Crippen molar-refractivity contribution in [2.75, 3.05) is 13.0 Å². The summed E-state index contributed by atoms with van der Waals surface area (Å²) in [6, 6.07) is 3.26. The molecule has 0 saturated carbocycles. The first-order valence-electron chi connectivity index (χ1n) is 4.55. The Morgan fingerprint density at radius 2 is 2.47 bits per heavy atom. The van der Waals surface area contributed by atoms with Crippen molar-refractivity contribution in [2.45, 2.75) is 13.0 Å². The molecule has 0 aromatic carbocycles. The molecule has 0 fully saturated rings. The Balaban J connectivity index is 2.81. The monoisotopic (exact) mass is 228 g/mol. The molecular formula is C10H13ClN2O2. The molecule has 1 rings (SSSR count). The van der Waals surface area contributed by atoms with Crippen molar-refractivity contribution >= 4 is 17.5 Å². The maximum Gasteiger partial charge on any atom is 0.257 e. The highest BCUT2D eigenvalue weighted by molar-refractivity contribution is 6.18. The molecule has 1 heterocycles. The zero-order valence-corrected chi connectivity index (χ0v) is 9.41. The number of carbonyl (C=O) groups excluding carboxylic acids is 1. The molecule has 1 atom stereocenters. The lowest BCUT2D eigenvalue weighted by molar-refractivity contribution is 0.0939. The Morgan fingerprint density at radius 1 is 1.73 bits per heavy atom. The maximum absolute atomic E-state index is 11.7. The first kappa shape index (κ1) is 11.8. The number of nitrogens with zero attached hydrogens (tertiary/aromatic N) is 1. The van der Waals surface area contributed by atoms with Crippen LogP contribution in [-0.4, -0.2) is 29.9 Å². The van der Waals surface area contributed by atoms with Gasteiger partial charge in [-0.1, -0.05) is 0 Å². The molecule has 0 radical (unpaired) electrons. The molecule has 1 N–H and O–H groups in total. The molecule has 1 unspecified atom stereocenters. The summed E-state index contributed by atoms with van der Waals surface area (Å²) in [6.07, 6.45) is 1.57. The normalized spacial score (nSPS) is 11.9. The van der Waals surface area contributed by atoms with Gasteiger partial charge in [0, 0.05) is 18.1 Å². The van der Waals surface area contributed by atoms with E-state index in [1.165, 1.54) is 7.11 Å². The van der Waals surface area contributed by atoms with Gasteiger partial charge in [0.05, 0.1) is 7.11 Å². The summed E-state index contributed by atoms with van der Waals surface area (Å²) in [5.74, 6) is 0.457. The standard InChI is InChI=1S/C10H13ClN2O2/c1-7(6-11)13-9(14)8-4-3-5-12-10(8)15-2/h3-5,7H,6H2,1-2H3,(H,13,14). The van der Waals surface area contributed by atoms with Gasteiger partial charge in [-0.25, -0.2) is 4.98 Å². The third-order valence-corrected chi connectivity index (χ3v) is 2.28. The van der Waals surface area contributed by atoms with Gasteiger partial charge < -0.3 is 10.1 Å². The number of rotatable bonds is 4. The van der Waals surface area contributed by atoms with Gasteiger partial charge in [0.2, 0.25) is 5.88 Å². The molecule has 5 heteroatoms. The van der Waals surface area contributed by atoms with Gasteiger partial charge in [0.25, 0.3) is 5.91 Å². The summed E-state index contributed by atoms with van der Waals surface area (Å²) < 4.78 is 4.98. The molecule has 1 aromatic rings. The van der Waals surface area contributed by atoms with E-state index in [9.17, 15) is 4.79 Å². The second-order valence-electron chi connectivity index (χ2n) is 3.09. The van der Waals surface area contributed by atoms with Crippen LogP contribution in [0, 0.1) is 0 Å². The van der Waals surface area contributed by atoms with Gasteiger partial charge >= 0.3 is 0 Å². The van der Waals surface area contributed by atoms with E-state index < -0.39 is 0 Å². The third-order valence-electron chi connectivity index (χ3n) is 1.82. The van der Waals surface area contributed by atoms with E-state index in [4.69, 9.17) is 16.3 Å². The maximum atomic E-state index is 11.7. The Bertz CT molecular complexity index is 344. The second kappa shape index (κ2) is 5.56. The molecule has 1 amide bonds. The topological polar surface area (TPSA) is 51.2 Å². The average Bonchev–Trinajstić information content (AvgIpc) is 2.28. The SMILES string of the molecule is COc1ncccc1C(=O)NC(C)CCl. The number of methoxy groups -OCH3 is 1. The van der Waals surface area contributed by atoms with Crippen LogP contribution >= 0.6 is 11.6 Å². The number of ether oxygens (including phenoxy) is 1. The van der Waals surface area contributed by atoms with Crippen LogP contribution in [0.5, 0.6) is 5.88 Å². The van der Waals surface area contributed by atoms with Crippen LogP contribution < -0.4 is 10.1 Å². The first-order valence-corrected chi connectivity index (χ1v) is 5.08. The van der Waals surface area contributed by atoms with Crippen LogP contribution in [0.2, 0.25) is 0 Å². The highest BCUT2D eigenvalue weighted by Gasteiger charge is 2.14. The summed E-state index contributed by atoms with van der Waals surface area (Å²) in [7, 11) is 1.48. The van der Waals surface area contributed by atoms with Crippen LogP contribution in [0.15, 0.2) is 18.3 Å². The van der Waals surface area contributed by atoms with E-state index in [1.54, 1.807) is 18.3 Å². The van der Waals surface area contributed by atoms with Gasteiger partial charge in [-0.15, -0.1) is 11.6 Å². The predicted molar refractivity (Wildman–Crippen MR) is 58.4 cm³/mol. The van der Waals surface area contributed by atoms with Crippen LogP contribution in [-0.2, 0) is 0 Å². The van der Waals surface area contributed by atoms with Crippen LogP contribution in [0.1, 0.15) is 17.3 Å². The minimum atomic E-state index is -0.229. The Kier molecular flexibility index (Phi) is 4.37. The number of aromatic nitrogens is 1. The van der Waals surface area contributed by atoms with Gasteiger partial charge in [-0.05, 0) is 19.1 Å². The van der Waals surface area contributed by atoms with E-state index in [1.807, 2.05) is 6.92 Å². The number of hydrogen-bond donors (Lipinski definition) is 1. The number of hydrogen-bond acceptors (Lipinski definition) is 3. The molecule has 82 valence electrons. The van der Waals surface area contributed by atoms with E-state index in [-0.39, 0.29) is 11.9 Å². The molecule has 4 nitrogen and oxygen atoms in total. The fraction of sp³-hybridized carbons (Fsp3) is 0.400. The van der Waals surface area contributed by atoms with Gasteiger partial charge in [-0.3, -0.25) is 4.79 Å². The highest BCUT2D eigenvalue weighted by atomic mass is 35.5. The molecule has 0 spiro atoms. The fourth-order valence-electron chi connectivity index (χ4n) is 1.07. The summed E-state index contributed by atoms with van der Waals surface area (Å²) in [5, 5.41) is 2.73. The first-order chi connectivity index (χ1) is 7.19. The minimum absolute atomic E-state index is 0.0796. The molecule has 0 aliphatic rings. The van der Waals surface area contributed by atoms with E-state index in [0.29, 0.717) is 17.3 Å². The third kappa shape index (κ3) is 3.09. The minimum Gasteiger partial charge on any atom is -0.480 e.